The van der Waals surface area contributed by atoms with Crippen molar-refractivity contribution in [3.63, 3.8) is 0 Å². The highest BCUT2D eigenvalue weighted by Crippen LogP contribution is 2.62. The van der Waals surface area contributed by atoms with Gasteiger partial charge in [0.1, 0.15) is 0 Å². The molecule has 1 aromatic carbocycles. The van der Waals surface area contributed by atoms with Crippen LogP contribution in [0.1, 0.15) is 12.5 Å². The maximum absolute atomic E-state index is 12.1. The van der Waals surface area contributed by atoms with E-state index in [2.05, 4.69) is 0 Å². The minimum Gasteiger partial charge on any atom is -0.373 e. The molecule has 1 N–H and O–H groups in total. The fourth-order valence-electron chi connectivity index (χ4n) is 1.37. The number of aliphatic hydroxyl groups is 1. The summed E-state index contributed by atoms with van der Waals surface area (Å²) in [7, 11) is -1.18. The highest BCUT2D eigenvalue weighted by Gasteiger charge is 2.46. The van der Waals surface area contributed by atoms with Crippen LogP contribution >= 0.6 is 19.2 Å². The van der Waals surface area contributed by atoms with Gasteiger partial charge in [-0.15, -0.1) is 0 Å². The van der Waals surface area contributed by atoms with Gasteiger partial charge in [0.25, 0.3) is 0 Å². The predicted molar refractivity (Wildman–Crippen MR) is 62.6 cm³/mol. The van der Waals surface area contributed by atoms with Crippen molar-refractivity contribution in [3.8, 4) is 0 Å². The van der Waals surface area contributed by atoms with E-state index in [9.17, 15) is 9.67 Å². The lowest BCUT2D eigenvalue weighted by molar-refractivity contribution is 0.0932. The minimum absolute atomic E-state index is 0.382. The molecule has 0 amide bonds. The first kappa shape index (κ1) is 13.7. The fraction of sp³-hybridized carbons (Fsp3) is 0.400. The lowest BCUT2D eigenvalue weighted by Gasteiger charge is -2.30. The van der Waals surface area contributed by atoms with Crippen molar-refractivity contribution in [1.82, 2.24) is 0 Å². The Morgan fingerprint density at radius 2 is 1.94 bits per heavy atom. The van der Waals surface area contributed by atoms with Gasteiger partial charge >= 0.3 is 7.60 Å². The molecule has 0 fully saturated rings. The third kappa shape index (κ3) is 2.31. The Hall–Kier alpha value is -0.380. The molecular weight excluding hydrogens is 251 g/mol. The zero-order chi connectivity index (χ0) is 12.4. The summed E-state index contributed by atoms with van der Waals surface area (Å²) in [5, 5.41) is 8.96. The smallest absolute Gasteiger partial charge is 0.365 e. The van der Waals surface area contributed by atoms with Crippen LogP contribution in [0.25, 0.3) is 0 Å². The number of benzene rings is 1. The Morgan fingerprint density at radius 3 is 2.38 bits per heavy atom. The first-order chi connectivity index (χ1) is 7.37. The SMILES string of the molecule is COP(=O)(OC)[C@](C)(O)c1cccc(Cl)c1. The summed E-state index contributed by atoms with van der Waals surface area (Å²) in [5.74, 6) is 0. The first-order valence-electron chi connectivity index (χ1n) is 4.57. The molecule has 1 atom stereocenters. The summed E-state index contributed by atoms with van der Waals surface area (Å²) < 4.78 is 21.7. The van der Waals surface area contributed by atoms with E-state index < -0.39 is 12.9 Å². The molecule has 0 bridgehead atoms. The molecule has 0 radical (unpaired) electrons. The van der Waals surface area contributed by atoms with Crippen LogP contribution in [0.5, 0.6) is 0 Å². The van der Waals surface area contributed by atoms with Crippen molar-refractivity contribution < 1.29 is 18.7 Å². The highest BCUT2D eigenvalue weighted by atomic mass is 35.5. The largest absolute Gasteiger partial charge is 0.373 e. The molecule has 0 heterocycles. The van der Waals surface area contributed by atoms with Crippen molar-refractivity contribution in [1.29, 1.82) is 0 Å². The van der Waals surface area contributed by atoms with Crippen molar-refractivity contribution in [2.45, 2.75) is 12.3 Å². The Bertz CT molecular complexity index is 411. The molecule has 1 aromatic rings. The average Bonchev–Trinajstić information content (AvgIpc) is 2.27. The Labute approximate surface area is 99.7 Å². The molecule has 0 saturated heterocycles. The van der Waals surface area contributed by atoms with E-state index in [-0.39, 0.29) is 0 Å². The fourth-order valence-corrected chi connectivity index (χ4v) is 2.88. The van der Waals surface area contributed by atoms with Crippen molar-refractivity contribution in [3.05, 3.63) is 34.9 Å². The van der Waals surface area contributed by atoms with Gasteiger partial charge in [-0.2, -0.15) is 0 Å². The summed E-state index contributed by atoms with van der Waals surface area (Å²) in [5.41, 5.74) is 0.382. The second kappa shape index (κ2) is 4.86. The van der Waals surface area contributed by atoms with E-state index in [1.165, 1.54) is 27.2 Å². The Kier molecular flexibility index (Phi) is 4.16. The maximum atomic E-state index is 12.1. The van der Waals surface area contributed by atoms with Crippen LogP contribution in [0.15, 0.2) is 24.3 Å². The van der Waals surface area contributed by atoms with Gasteiger partial charge in [-0.3, -0.25) is 4.57 Å². The lowest BCUT2D eigenvalue weighted by Crippen LogP contribution is -2.23. The minimum atomic E-state index is -3.63. The van der Waals surface area contributed by atoms with E-state index in [0.29, 0.717) is 10.6 Å². The van der Waals surface area contributed by atoms with Crippen LogP contribution in [-0.2, 0) is 19.0 Å². The molecule has 0 unspecified atom stereocenters. The maximum Gasteiger partial charge on any atom is 0.365 e. The molecule has 0 aliphatic rings. The van der Waals surface area contributed by atoms with E-state index in [4.69, 9.17) is 20.6 Å². The number of rotatable bonds is 4. The normalized spacial score (nSPS) is 15.8. The van der Waals surface area contributed by atoms with Gasteiger partial charge in [-0.05, 0) is 24.6 Å². The topological polar surface area (TPSA) is 55.8 Å². The summed E-state index contributed by atoms with van der Waals surface area (Å²) in [6, 6.07) is 6.44. The predicted octanol–water partition coefficient (Wildman–Crippen LogP) is 2.99. The molecule has 1 rings (SSSR count). The van der Waals surface area contributed by atoms with Crippen LogP contribution in [0.4, 0.5) is 0 Å². The van der Waals surface area contributed by atoms with Gasteiger partial charge in [0.2, 0.25) is 0 Å². The highest BCUT2D eigenvalue weighted by molar-refractivity contribution is 7.54. The summed E-state index contributed by atoms with van der Waals surface area (Å²) in [6.07, 6.45) is 0. The second-order valence-corrected chi connectivity index (χ2v) is 6.43. The van der Waals surface area contributed by atoms with E-state index in [1.807, 2.05) is 0 Å². The molecule has 4 nitrogen and oxygen atoms in total. The quantitative estimate of drug-likeness (QED) is 0.850. The monoisotopic (exact) mass is 264 g/mol. The van der Waals surface area contributed by atoms with Gasteiger partial charge in [0.05, 0.1) is 0 Å². The standard InChI is InChI=1S/C10H14ClO4P/c1-10(12,16(13,14-2)15-3)8-5-4-6-9(11)7-8/h4-7,12H,1-3H3/t10-/m0/s1. The van der Waals surface area contributed by atoms with Gasteiger partial charge < -0.3 is 14.2 Å². The van der Waals surface area contributed by atoms with Gasteiger partial charge in [0, 0.05) is 19.2 Å². The van der Waals surface area contributed by atoms with Crippen molar-refractivity contribution >= 4 is 19.2 Å². The van der Waals surface area contributed by atoms with Gasteiger partial charge in [-0.1, -0.05) is 23.7 Å². The molecule has 0 spiro atoms. The van der Waals surface area contributed by atoms with E-state index in [1.54, 1.807) is 18.2 Å². The molecule has 0 aliphatic carbocycles. The molecule has 6 heteroatoms. The number of hydrogen-bond acceptors (Lipinski definition) is 4. The van der Waals surface area contributed by atoms with Gasteiger partial charge in [0.15, 0.2) is 5.34 Å². The third-order valence-electron chi connectivity index (χ3n) is 2.39. The zero-order valence-electron chi connectivity index (χ0n) is 9.31. The third-order valence-corrected chi connectivity index (χ3v) is 4.91. The van der Waals surface area contributed by atoms with Crippen LogP contribution < -0.4 is 0 Å². The molecule has 90 valence electrons. The number of hydrogen-bond donors (Lipinski definition) is 1. The molecular formula is C10H14ClO4P. The zero-order valence-corrected chi connectivity index (χ0v) is 11.0. The summed E-state index contributed by atoms with van der Waals surface area (Å²) >= 11 is 5.80. The van der Waals surface area contributed by atoms with Crippen LogP contribution in [0.2, 0.25) is 5.02 Å². The van der Waals surface area contributed by atoms with Crippen molar-refractivity contribution in [2.75, 3.05) is 14.2 Å². The van der Waals surface area contributed by atoms with Gasteiger partial charge in [-0.25, -0.2) is 0 Å². The molecule has 0 saturated carbocycles. The first-order valence-corrected chi connectivity index (χ1v) is 6.49. The van der Waals surface area contributed by atoms with Crippen molar-refractivity contribution in [2.24, 2.45) is 0 Å². The number of halogens is 1. The molecule has 16 heavy (non-hydrogen) atoms. The van der Waals surface area contributed by atoms with Crippen LogP contribution in [-0.4, -0.2) is 19.3 Å². The summed E-state index contributed by atoms with van der Waals surface area (Å²) in [6.45, 7) is 1.37. The molecule has 0 aromatic heterocycles. The van der Waals surface area contributed by atoms with E-state index in [0.717, 1.165) is 0 Å². The van der Waals surface area contributed by atoms with Crippen LogP contribution in [0.3, 0.4) is 0 Å². The molecule has 0 aliphatic heterocycles. The Balaban J connectivity index is 3.25. The second-order valence-electron chi connectivity index (χ2n) is 3.39. The Morgan fingerprint density at radius 1 is 1.38 bits per heavy atom. The summed E-state index contributed by atoms with van der Waals surface area (Å²) in [4.78, 5) is 0. The lowest BCUT2D eigenvalue weighted by atomic mass is 10.1. The van der Waals surface area contributed by atoms with Crippen LogP contribution in [0, 0.1) is 0 Å². The van der Waals surface area contributed by atoms with E-state index >= 15 is 0 Å². The average molecular weight is 265 g/mol.